The molecule has 136 valence electrons. The summed E-state index contributed by atoms with van der Waals surface area (Å²) in [5.41, 5.74) is 1.15. The smallest absolute Gasteiger partial charge is 0.223 e. The Morgan fingerprint density at radius 1 is 1.12 bits per heavy atom. The topological polar surface area (TPSA) is 60.6 Å². The molecule has 1 saturated carbocycles. The highest BCUT2D eigenvalue weighted by molar-refractivity contribution is 5.40. The van der Waals surface area contributed by atoms with Crippen molar-refractivity contribution in [2.24, 2.45) is 0 Å². The van der Waals surface area contributed by atoms with Gasteiger partial charge < -0.3 is 14.0 Å². The Hall–Kier alpha value is -2.08. The zero-order valence-electron chi connectivity index (χ0n) is 15.3. The van der Waals surface area contributed by atoms with Gasteiger partial charge in [0.15, 0.2) is 5.82 Å². The SMILES string of the molecule is COc1ccc(CN(Cc2noc(C)n2)C2CCCCC2)c(OC)c1. The molecule has 6 heteroatoms. The van der Waals surface area contributed by atoms with Gasteiger partial charge in [0.05, 0.1) is 20.8 Å². The first kappa shape index (κ1) is 17.7. The van der Waals surface area contributed by atoms with Crippen LogP contribution in [0.3, 0.4) is 0 Å². The molecular weight excluding hydrogens is 318 g/mol. The Bertz CT molecular complexity index is 680. The third-order valence-electron chi connectivity index (χ3n) is 4.87. The fourth-order valence-electron chi connectivity index (χ4n) is 3.55. The van der Waals surface area contributed by atoms with E-state index in [1.807, 2.05) is 19.1 Å². The minimum Gasteiger partial charge on any atom is -0.497 e. The lowest BCUT2D eigenvalue weighted by Gasteiger charge is -2.34. The molecule has 0 unspecified atom stereocenters. The van der Waals surface area contributed by atoms with E-state index in [1.165, 1.54) is 32.1 Å². The number of rotatable bonds is 7. The molecule has 0 radical (unpaired) electrons. The molecule has 1 aliphatic carbocycles. The summed E-state index contributed by atoms with van der Waals surface area (Å²) < 4.78 is 16.0. The lowest BCUT2D eigenvalue weighted by atomic mass is 9.93. The molecule has 0 atom stereocenters. The van der Waals surface area contributed by atoms with E-state index in [9.17, 15) is 0 Å². The standard InChI is InChI=1S/C19H27N3O3/c1-14-20-19(21-25-14)13-22(16-7-5-4-6-8-16)12-15-9-10-17(23-2)11-18(15)24-3/h9-11,16H,4-8,12-13H2,1-3H3. The first-order valence-electron chi connectivity index (χ1n) is 8.93. The van der Waals surface area contributed by atoms with Gasteiger partial charge in [-0.2, -0.15) is 4.98 Å². The summed E-state index contributed by atoms with van der Waals surface area (Å²) >= 11 is 0. The molecule has 0 saturated heterocycles. The summed E-state index contributed by atoms with van der Waals surface area (Å²) in [6.07, 6.45) is 6.33. The van der Waals surface area contributed by atoms with Gasteiger partial charge in [-0.05, 0) is 18.9 Å². The summed E-state index contributed by atoms with van der Waals surface area (Å²) in [5.74, 6) is 3.01. The molecule has 1 heterocycles. The van der Waals surface area contributed by atoms with Gasteiger partial charge in [-0.25, -0.2) is 0 Å². The Morgan fingerprint density at radius 2 is 1.92 bits per heavy atom. The highest BCUT2D eigenvalue weighted by Crippen LogP contribution is 2.30. The number of hydrogen-bond donors (Lipinski definition) is 0. The van der Waals surface area contributed by atoms with Gasteiger partial charge >= 0.3 is 0 Å². The van der Waals surface area contributed by atoms with Crippen molar-refractivity contribution in [3.8, 4) is 11.5 Å². The van der Waals surface area contributed by atoms with Gasteiger partial charge in [0.1, 0.15) is 11.5 Å². The largest absolute Gasteiger partial charge is 0.497 e. The molecule has 1 aliphatic rings. The second-order valence-corrected chi connectivity index (χ2v) is 6.60. The lowest BCUT2D eigenvalue weighted by Crippen LogP contribution is -2.36. The van der Waals surface area contributed by atoms with Gasteiger partial charge in [-0.3, -0.25) is 4.90 Å². The Kier molecular flexibility index (Phi) is 5.91. The third kappa shape index (κ3) is 4.51. The summed E-state index contributed by atoms with van der Waals surface area (Å²) in [4.78, 5) is 6.84. The average molecular weight is 345 g/mol. The van der Waals surface area contributed by atoms with Crippen molar-refractivity contribution >= 4 is 0 Å². The van der Waals surface area contributed by atoms with Crippen molar-refractivity contribution in [1.82, 2.24) is 15.0 Å². The number of ether oxygens (including phenoxy) is 2. The van der Waals surface area contributed by atoms with Crippen LogP contribution < -0.4 is 9.47 Å². The van der Waals surface area contributed by atoms with Crippen LogP contribution in [0.5, 0.6) is 11.5 Å². The quantitative estimate of drug-likeness (QED) is 0.762. The maximum Gasteiger partial charge on any atom is 0.223 e. The average Bonchev–Trinajstić information content (AvgIpc) is 3.07. The molecule has 25 heavy (non-hydrogen) atoms. The lowest BCUT2D eigenvalue weighted by molar-refractivity contribution is 0.134. The van der Waals surface area contributed by atoms with E-state index in [-0.39, 0.29) is 0 Å². The van der Waals surface area contributed by atoms with Crippen LogP contribution >= 0.6 is 0 Å². The van der Waals surface area contributed by atoms with Crippen molar-refractivity contribution < 1.29 is 14.0 Å². The van der Waals surface area contributed by atoms with Gasteiger partial charge in [0.2, 0.25) is 5.89 Å². The molecule has 0 bridgehead atoms. The molecule has 6 nitrogen and oxygen atoms in total. The molecule has 0 N–H and O–H groups in total. The highest BCUT2D eigenvalue weighted by atomic mass is 16.5. The molecule has 1 aromatic heterocycles. The van der Waals surface area contributed by atoms with Crippen LogP contribution in [0.15, 0.2) is 22.7 Å². The van der Waals surface area contributed by atoms with Crippen LogP contribution in [-0.4, -0.2) is 35.3 Å². The number of hydrogen-bond acceptors (Lipinski definition) is 6. The van der Waals surface area contributed by atoms with Crippen LogP contribution in [0.25, 0.3) is 0 Å². The van der Waals surface area contributed by atoms with E-state index in [0.29, 0.717) is 18.5 Å². The first-order chi connectivity index (χ1) is 12.2. The molecule has 0 aliphatic heterocycles. The molecular formula is C19H27N3O3. The maximum atomic E-state index is 5.57. The van der Waals surface area contributed by atoms with E-state index in [1.54, 1.807) is 14.2 Å². The summed E-state index contributed by atoms with van der Waals surface area (Å²) in [7, 11) is 3.37. The minimum absolute atomic E-state index is 0.541. The zero-order chi connectivity index (χ0) is 17.6. The van der Waals surface area contributed by atoms with Crippen molar-refractivity contribution in [2.75, 3.05) is 14.2 Å². The van der Waals surface area contributed by atoms with Crippen LogP contribution in [-0.2, 0) is 13.1 Å². The first-order valence-corrected chi connectivity index (χ1v) is 8.93. The van der Waals surface area contributed by atoms with Gasteiger partial charge in [-0.15, -0.1) is 0 Å². The van der Waals surface area contributed by atoms with Crippen molar-refractivity contribution in [3.63, 3.8) is 0 Å². The Labute approximate surface area is 149 Å². The number of aryl methyl sites for hydroxylation is 1. The van der Waals surface area contributed by atoms with Gasteiger partial charge in [-0.1, -0.05) is 30.5 Å². The fourth-order valence-corrected chi connectivity index (χ4v) is 3.55. The summed E-state index contributed by atoms with van der Waals surface area (Å²) in [6, 6.07) is 6.54. The van der Waals surface area contributed by atoms with E-state index in [2.05, 4.69) is 21.1 Å². The number of methoxy groups -OCH3 is 2. The van der Waals surface area contributed by atoms with Gasteiger partial charge in [0.25, 0.3) is 0 Å². The van der Waals surface area contributed by atoms with Crippen molar-refractivity contribution in [1.29, 1.82) is 0 Å². The van der Waals surface area contributed by atoms with Crippen LogP contribution in [0, 0.1) is 6.92 Å². The maximum absolute atomic E-state index is 5.57. The predicted octanol–water partition coefficient (Wildman–Crippen LogP) is 3.73. The fraction of sp³-hybridized carbons (Fsp3) is 0.579. The molecule has 2 aromatic rings. The minimum atomic E-state index is 0.541. The van der Waals surface area contributed by atoms with Crippen LogP contribution in [0.2, 0.25) is 0 Å². The molecule has 3 rings (SSSR count). The summed E-state index contributed by atoms with van der Waals surface area (Å²) in [6.45, 7) is 3.32. The zero-order valence-corrected chi connectivity index (χ0v) is 15.3. The molecule has 0 spiro atoms. The normalized spacial score (nSPS) is 15.5. The molecule has 1 aromatic carbocycles. The Morgan fingerprint density at radius 3 is 2.56 bits per heavy atom. The van der Waals surface area contributed by atoms with E-state index >= 15 is 0 Å². The predicted molar refractivity (Wildman–Crippen MR) is 94.7 cm³/mol. The number of nitrogens with zero attached hydrogens (tertiary/aromatic N) is 3. The number of aromatic nitrogens is 2. The van der Waals surface area contributed by atoms with Crippen molar-refractivity contribution in [2.45, 2.75) is 58.2 Å². The van der Waals surface area contributed by atoms with E-state index in [0.717, 1.165) is 29.4 Å². The van der Waals surface area contributed by atoms with Crippen LogP contribution in [0.4, 0.5) is 0 Å². The third-order valence-corrected chi connectivity index (χ3v) is 4.87. The number of benzene rings is 1. The highest BCUT2D eigenvalue weighted by Gasteiger charge is 2.24. The summed E-state index contributed by atoms with van der Waals surface area (Å²) in [5, 5.41) is 4.08. The van der Waals surface area contributed by atoms with Gasteiger partial charge in [0, 0.05) is 31.1 Å². The van der Waals surface area contributed by atoms with Crippen LogP contribution in [0.1, 0.15) is 49.4 Å². The molecule has 0 amide bonds. The van der Waals surface area contributed by atoms with E-state index < -0.39 is 0 Å². The van der Waals surface area contributed by atoms with Crippen molar-refractivity contribution in [3.05, 3.63) is 35.5 Å². The Balaban J connectivity index is 1.81. The second kappa shape index (κ2) is 8.34. The van der Waals surface area contributed by atoms with E-state index in [4.69, 9.17) is 14.0 Å². The monoisotopic (exact) mass is 345 g/mol. The second-order valence-electron chi connectivity index (χ2n) is 6.60. The molecule has 1 fully saturated rings.